The van der Waals surface area contributed by atoms with Gasteiger partial charge in [0.25, 0.3) is 5.91 Å². The lowest BCUT2D eigenvalue weighted by molar-refractivity contribution is -0.313. The number of rotatable bonds is 8. The summed E-state index contributed by atoms with van der Waals surface area (Å²) < 4.78 is 1.44. The Morgan fingerprint density at radius 3 is 2.72 bits per heavy atom. The summed E-state index contributed by atoms with van der Waals surface area (Å²) in [5.41, 5.74) is -3.02. The third-order valence-corrected chi connectivity index (χ3v) is 8.42. The molecule has 36 heavy (non-hydrogen) atoms. The summed E-state index contributed by atoms with van der Waals surface area (Å²) in [5.74, 6) is -3.09. The van der Waals surface area contributed by atoms with E-state index in [9.17, 15) is 29.1 Å². The molecular formula is C24H20N4O7S. The minimum absolute atomic E-state index is 0.0316. The number of carbonyl (C=O) groups is 4. The molecule has 2 aliphatic heterocycles. The Balaban J connectivity index is 1.54. The lowest BCUT2D eigenvalue weighted by Crippen LogP contribution is -2.97. The molecule has 2 aromatic rings. The first-order valence-corrected chi connectivity index (χ1v) is 11.9. The van der Waals surface area contributed by atoms with E-state index in [0.717, 1.165) is 11.8 Å². The summed E-state index contributed by atoms with van der Waals surface area (Å²) in [5, 5.41) is 10.6. The van der Waals surface area contributed by atoms with Gasteiger partial charge in [0.15, 0.2) is 16.7 Å². The molecule has 5 atom stereocenters. The lowest BCUT2D eigenvalue weighted by atomic mass is 9.40. The van der Waals surface area contributed by atoms with E-state index in [-0.39, 0.29) is 12.3 Å². The number of aromatic nitrogens is 3. The lowest BCUT2D eigenvalue weighted by Gasteiger charge is -2.69. The summed E-state index contributed by atoms with van der Waals surface area (Å²) in [6.07, 6.45) is 4.37. The molecule has 5 rings (SSSR count). The second-order valence-corrected chi connectivity index (χ2v) is 9.81. The van der Waals surface area contributed by atoms with Crippen molar-refractivity contribution in [2.24, 2.45) is 11.3 Å². The number of carbonyl (C=O) groups excluding carboxylic acids is 5. The van der Waals surface area contributed by atoms with E-state index < -0.39 is 51.5 Å². The fraction of sp³-hybridized carbons (Fsp3) is 0.333. The summed E-state index contributed by atoms with van der Waals surface area (Å²) in [4.78, 5) is 78.4. The highest BCUT2D eigenvalue weighted by Crippen LogP contribution is 2.64. The van der Waals surface area contributed by atoms with Crippen molar-refractivity contribution in [3.05, 3.63) is 43.5 Å². The van der Waals surface area contributed by atoms with Gasteiger partial charge in [-0.2, -0.15) is 0 Å². The molecule has 2 aromatic heterocycles. The number of nitrogens with zero attached hydrogens (tertiary/aromatic N) is 4. The highest BCUT2D eigenvalue weighted by Gasteiger charge is 2.92. The Morgan fingerprint density at radius 1 is 1.36 bits per heavy atom. The molecule has 1 unspecified atom stereocenters. The van der Waals surface area contributed by atoms with Crippen LogP contribution in [0.15, 0.2) is 48.5 Å². The van der Waals surface area contributed by atoms with E-state index in [1.54, 1.807) is 30.5 Å². The molecule has 2 fully saturated rings. The maximum absolute atomic E-state index is 13.9. The van der Waals surface area contributed by atoms with Gasteiger partial charge in [-0.05, 0) is 19.1 Å². The maximum atomic E-state index is 13.9. The first kappa shape index (κ1) is 24.0. The van der Waals surface area contributed by atoms with Gasteiger partial charge in [-0.25, -0.2) is 14.8 Å². The van der Waals surface area contributed by atoms with Crippen molar-refractivity contribution in [1.29, 1.82) is 0 Å². The van der Waals surface area contributed by atoms with Crippen LogP contribution in [0.1, 0.15) is 13.8 Å². The van der Waals surface area contributed by atoms with Crippen molar-refractivity contribution in [3.8, 4) is 11.3 Å². The van der Waals surface area contributed by atoms with Crippen LogP contribution in [0, 0.1) is 11.3 Å². The molecule has 184 valence electrons. The molecule has 4 heterocycles. The zero-order chi connectivity index (χ0) is 26.0. The predicted octanol–water partition coefficient (Wildman–Crippen LogP) is 0.515. The number of piperidine rings is 1. The van der Waals surface area contributed by atoms with E-state index >= 15 is 0 Å². The first-order valence-electron chi connectivity index (χ1n) is 11.0. The number of Topliss-reactive ketones (excluding diaryl/α,β-unsaturated/α-hetero) is 3. The number of hydrogen-bond acceptors (Lipinski definition) is 10. The Labute approximate surface area is 208 Å². The second kappa shape index (κ2) is 8.17. The molecule has 12 heteroatoms. The number of aliphatic hydroxyl groups is 1. The number of hydrogen-bond donors (Lipinski definition) is 1. The number of hydroxylamine groups is 2. The summed E-state index contributed by atoms with van der Waals surface area (Å²) in [7, 11) is 0. The van der Waals surface area contributed by atoms with Crippen LogP contribution < -0.4 is 0 Å². The van der Waals surface area contributed by atoms with Crippen LogP contribution in [0.4, 0.5) is 0 Å². The molecule has 1 N–H and O–H groups in total. The maximum Gasteiger partial charge on any atom is 0.267 e. The SMILES string of the molecule is C=CCON1C(=O)[C@@]2([C@@H](C)O)C(=O)C(=O)[C@]12[C@@H](C)C(=O)C1Sc2c(-c3cccnc3)ncn2C1=C=O. The zero-order valence-corrected chi connectivity index (χ0v) is 20.0. The highest BCUT2D eigenvalue weighted by molar-refractivity contribution is 8.01. The summed E-state index contributed by atoms with van der Waals surface area (Å²) in [6, 6.07) is 3.50. The minimum Gasteiger partial charge on any atom is -0.392 e. The minimum atomic E-state index is -2.13. The third kappa shape index (κ3) is 2.59. The molecule has 1 amide bonds. The van der Waals surface area contributed by atoms with Crippen LogP contribution in [0.2, 0.25) is 0 Å². The van der Waals surface area contributed by atoms with Gasteiger partial charge in [-0.15, -0.1) is 6.58 Å². The molecule has 0 spiro atoms. The van der Waals surface area contributed by atoms with Crippen molar-refractivity contribution in [2.75, 3.05) is 6.61 Å². The molecule has 0 aromatic carbocycles. The van der Waals surface area contributed by atoms with Gasteiger partial charge >= 0.3 is 0 Å². The van der Waals surface area contributed by atoms with E-state index in [2.05, 4.69) is 16.5 Å². The predicted molar refractivity (Wildman–Crippen MR) is 125 cm³/mol. The van der Waals surface area contributed by atoms with E-state index in [4.69, 9.17) is 4.84 Å². The molecular weight excluding hydrogens is 488 g/mol. The van der Waals surface area contributed by atoms with Gasteiger partial charge < -0.3 is 5.11 Å². The van der Waals surface area contributed by atoms with Gasteiger partial charge in [-0.3, -0.25) is 33.6 Å². The van der Waals surface area contributed by atoms with E-state index in [1.165, 1.54) is 30.8 Å². The van der Waals surface area contributed by atoms with E-state index in [0.29, 0.717) is 21.3 Å². The van der Waals surface area contributed by atoms with Gasteiger partial charge in [0.1, 0.15) is 33.9 Å². The average molecular weight is 509 g/mol. The van der Waals surface area contributed by atoms with Crippen molar-refractivity contribution in [2.45, 2.75) is 35.8 Å². The van der Waals surface area contributed by atoms with Crippen LogP contribution in [-0.4, -0.2) is 77.4 Å². The summed E-state index contributed by atoms with van der Waals surface area (Å²) in [6.45, 7) is 5.94. The first-order chi connectivity index (χ1) is 17.2. The Hall–Kier alpha value is -3.70. The molecule has 1 aliphatic carbocycles. The topological polar surface area (TPSA) is 149 Å². The standard InChI is InChI=1S/C24H20N4O7S/c1-4-8-35-28-22(34)23(13(3)30)19(32)20(33)24(23,28)12(2)17(31)18-15(10-29)27-11-26-16(21(27)36-18)14-6-5-7-25-9-14/h4-7,9,11-13,18,30H,1,8H2,2-3H3/t12-,13+,18?,23+,24-/m0/s1. The Kier molecular flexibility index (Phi) is 5.45. The molecule has 1 saturated heterocycles. The van der Waals surface area contributed by atoms with Crippen molar-refractivity contribution >= 4 is 46.7 Å². The average Bonchev–Trinajstić information content (AvgIpc) is 3.45. The number of amides is 1. The Morgan fingerprint density at radius 2 is 2.11 bits per heavy atom. The number of imidazole rings is 1. The van der Waals surface area contributed by atoms with Gasteiger partial charge in [-0.1, -0.05) is 24.8 Å². The van der Waals surface area contributed by atoms with E-state index in [1.807, 2.05) is 0 Å². The molecule has 1 saturated carbocycles. The molecule has 0 bridgehead atoms. The van der Waals surface area contributed by atoms with Gasteiger partial charge in [0, 0.05) is 18.0 Å². The number of aliphatic hydroxyl groups excluding tert-OH is 1. The normalized spacial score (nSPS) is 28.0. The highest BCUT2D eigenvalue weighted by atomic mass is 32.2. The van der Waals surface area contributed by atoms with Crippen LogP contribution in [0.3, 0.4) is 0 Å². The van der Waals surface area contributed by atoms with Gasteiger partial charge in [0.05, 0.1) is 18.6 Å². The quantitative estimate of drug-likeness (QED) is 0.176. The van der Waals surface area contributed by atoms with Crippen molar-refractivity contribution in [1.82, 2.24) is 19.6 Å². The smallest absolute Gasteiger partial charge is 0.267 e. The third-order valence-electron chi connectivity index (χ3n) is 7.11. The monoisotopic (exact) mass is 508 g/mol. The number of ketones is 3. The number of fused-ring (bicyclic) bond motifs is 2. The van der Waals surface area contributed by atoms with Gasteiger partial charge in [0.2, 0.25) is 11.6 Å². The number of thioether (sulfide) groups is 1. The number of β-lactam (4-membered cyclic amide) rings is 1. The Bertz CT molecular complexity index is 1400. The van der Waals surface area contributed by atoms with Crippen LogP contribution in [0.25, 0.3) is 17.0 Å². The fourth-order valence-electron chi connectivity index (χ4n) is 5.45. The van der Waals surface area contributed by atoms with Crippen molar-refractivity contribution in [3.63, 3.8) is 0 Å². The summed E-state index contributed by atoms with van der Waals surface area (Å²) >= 11 is 1.04. The second-order valence-electron chi connectivity index (χ2n) is 8.71. The molecule has 11 nitrogen and oxygen atoms in total. The molecule has 0 radical (unpaired) electrons. The van der Waals surface area contributed by atoms with Crippen LogP contribution in [-0.2, 0) is 28.8 Å². The fourth-order valence-corrected chi connectivity index (χ4v) is 6.81. The van der Waals surface area contributed by atoms with Crippen LogP contribution >= 0.6 is 11.8 Å². The molecule has 3 aliphatic rings. The van der Waals surface area contributed by atoms with Crippen molar-refractivity contribution < 1.29 is 33.9 Å². The largest absolute Gasteiger partial charge is 0.392 e. The zero-order valence-electron chi connectivity index (χ0n) is 19.2. The number of pyridine rings is 1. The van der Waals surface area contributed by atoms with Crippen LogP contribution in [0.5, 0.6) is 0 Å².